The third-order valence-electron chi connectivity index (χ3n) is 2.83. The van der Waals surface area contributed by atoms with Gasteiger partial charge in [0.25, 0.3) is 5.91 Å². The number of likely N-dealkylation sites (tertiary alicyclic amines) is 1. The topological polar surface area (TPSA) is 75.4 Å². The van der Waals surface area contributed by atoms with E-state index in [2.05, 4.69) is 4.98 Å². The molecule has 0 radical (unpaired) electrons. The van der Waals surface area contributed by atoms with Gasteiger partial charge in [-0.2, -0.15) is 0 Å². The van der Waals surface area contributed by atoms with Gasteiger partial charge in [0.1, 0.15) is 11.7 Å². The number of aliphatic carboxylic acids is 1. The van der Waals surface area contributed by atoms with Crippen LogP contribution in [-0.2, 0) is 11.8 Å². The Morgan fingerprint density at radius 1 is 1.56 bits per heavy atom. The molecule has 1 aliphatic heterocycles. The van der Waals surface area contributed by atoms with Gasteiger partial charge in [-0.1, -0.05) is 0 Å². The smallest absolute Gasteiger partial charge is 0.326 e. The van der Waals surface area contributed by atoms with E-state index >= 15 is 0 Å². The van der Waals surface area contributed by atoms with Gasteiger partial charge in [-0.25, -0.2) is 9.78 Å². The van der Waals surface area contributed by atoms with Gasteiger partial charge in [-0.3, -0.25) is 4.79 Å². The van der Waals surface area contributed by atoms with Crippen LogP contribution in [0.15, 0.2) is 12.5 Å². The molecule has 0 spiro atoms. The van der Waals surface area contributed by atoms with Gasteiger partial charge in [-0.05, 0) is 12.8 Å². The van der Waals surface area contributed by atoms with Crippen LogP contribution in [0.3, 0.4) is 0 Å². The molecule has 1 aromatic heterocycles. The maximum Gasteiger partial charge on any atom is 0.326 e. The molecule has 86 valence electrons. The fourth-order valence-electron chi connectivity index (χ4n) is 1.98. The first-order valence-electron chi connectivity index (χ1n) is 5.11. The van der Waals surface area contributed by atoms with E-state index in [1.165, 1.54) is 17.4 Å². The highest BCUT2D eigenvalue weighted by atomic mass is 16.4. The van der Waals surface area contributed by atoms with E-state index in [-0.39, 0.29) is 5.91 Å². The maximum atomic E-state index is 12.0. The van der Waals surface area contributed by atoms with E-state index in [0.29, 0.717) is 18.7 Å². The van der Waals surface area contributed by atoms with Gasteiger partial charge < -0.3 is 14.6 Å². The number of amides is 1. The largest absolute Gasteiger partial charge is 0.480 e. The highest BCUT2D eigenvalue weighted by Gasteiger charge is 2.35. The number of rotatable bonds is 2. The van der Waals surface area contributed by atoms with Gasteiger partial charge in [0.2, 0.25) is 0 Å². The minimum absolute atomic E-state index is 0.259. The predicted octanol–water partition coefficient (Wildman–Crippen LogP) is 0.109. The zero-order chi connectivity index (χ0) is 11.7. The molecule has 1 atom stereocenters. The molecule has 6 heteroatoms. The molecule has 0 unspecified atom stereocenters. The molecule has 1 fully saturated rings. The molecule has 0 saturated carbocycles. The molecule has 1 N–H and O–H groups in total. The third kappa shape index (κ3) is 1.66. The van der Waals surface area contributed by atoms with Crippen molar-refractivity contribution in [3.63, 3.8) is 0 Å². The molecule has 2 heterocycles. The summed E-state index contributed by atoms with van der Waals surface area (Å²) in [6, 6.07) is -0.692. The van der Waals surface area contributed by atoms with Crippen LogP contribution in [0.25, 0.3) is 0 Å². The fourth-order valence-corrected chi connectivity index (χ4v) is 1.98. The molecular weight excluding hydrogens is 210 g/mol. The van der Waals surface area contributed by atoms with Gasteiger partial charge >= 0.3 is 5.97 Å². The molecule has 1 saturated heterocycles. The first-order valence-corrected chi connectivity index (χ1v) is 5.11. The Bertz CT molecular complexity index is 427. The summed E-state index contributed by atoms with van der Waals surface area (Å²) >= 11 is 0. The number of carbonyl (C=O) groups excluding carboxylic acids is 1. The number of aromatic nitrogens is 2. The Labute approximate surface area is 92.5 Å². The summed E-state index contributed by atoms with van der Waals surface area (Å²) < 4.78 is 1.60. The molecule has 1 amide bonds. The van der Waals surface area contributed by atoms with Crippen LogP contribution in [0, 0.1) is 0 Å². The zero-order valence-electron chi connectivity index (χ0n) is 8.96. The average molecular weight is 223 g/mol. The molecule has 1 aliphatic rings. The lowest BCUT2D eigenvalue weighted by molar-refractivity contribution is -0.141. The summed E-state index contributed by atoms with van der Waals surface area (Å²) in [6.07, 6.45) is 4.25. The van der Waals surface area contributed by atoms with Crippen LogP contribution in [0.1, 0.15) is 23.3 Å². The number of carboxylic acid groups (broad SMARTS) is 1. The number of hydrogen-bond donors (Lipinski definition) is 1. The zero-order valence-corrected chi connectivity index (χ0v) is 8.96. The van der Waals surface area contributed by atoms with Crippen LogP contribution in [0.2, 0.25) is 0 Å². The maximum absolute atomic E-state index is 12.0. The van der Waals surface area contributed by atoms with Crippen LogP contribution < -0.4 is 0 Å². The van der Waals surface area contributed by atoms with Gasteiger partial charge in [0, 0.05) is 13.6 Å². The van der Waals surface area contributed by atoms with Crippen molar-refractivity contribution in [2.24, 2.45) is 7.05 Å². The molecule has 0 aliphatic carbocycles. The highest BCUT2D eigenvalue weighted by molar-refractivity contribution is 5.95. The molecule has 16 heavy (non-hydrogen) atoms. The number of carbonyl (C=O) groups is 2. The number of imidazole rings is 1. The van der Waals surface area contributed by atoms with E-state index in [0.717, 1.165) is 6.42 Å². The normalized spacial score (nSPS) is 20.1. The lowest BCUT2D eigenvalue weighted by Gasteiger charge is -2.21. The second kappa shape index (κ2) is 3.96. The van der Waals surface area contributed by atoms with Crippen LogP contribution >= 0.6 is 0 Å². The standard InChI is InChI=1S/C10H13N3O3/c1-12-6-11-5-8(12)9(14)13-4-2-3-7(13)10(15)16/h5-7H,2-4H2,1H3,(H,15,16)/t7-/m0/s1. The second-order valence-corrected chi connectivity index (χ2v) is 3.88. The summed E-state index contributed by atoms with van der Waals surface area (Å²) in [5.74, 6) is -1.20. The van der Waals surface area contributed by atoms with Crippen molar-refractivity contribution in [3.8, 4) is 0 Å². The number of aryl methyl sites for hydroxylation is 1. The van der Waals surface area contributed by atoms with Crippen LogP contribution in [0.5, 0.6) is 0 Å². The molecular formula is C10H13N3O3. The second-order valence-electron chi connectivity index (χ2n) is 3.88. The van der Waals surface area contributed by atoms with Crippen molar-refractivity contribution in [1.82, 2.24) is 14.5 Å². The van der Waals surface area contributed by atoms with E-state index < -0.39 is 12.0 Å². The molecule has 1 aromatic rings. The molecule has 0 aromatic carbocycles. The fraction of sp³-hybridized carbons (Fsp3) is 0.500. The van der Waals surface area contributed by atoms with Gasteiger partial charge in [-0.15, -0.1) is 0 Å². The van der Waals surface area contributed by atoms with Gasteiger partial charge in [0.15, 0.2) is 0 Å². The Kier molecular flexibility index (Phi) is 2.64. The summed E-state index contributed by atoms with van der Waals surface area (Å²) in [6.45, 7) is 0.501. The number of hydrogen-bond acceptors (Lipinski definition) is 3. The van der Waals surface area contributed by atoms with Crippen molar-refractivity contribution < 1.29 is 14.7 Å². The average Bonchev–Trinajstić information content (AvgIpc) is 2.84. The number of carboxylic acids is 1. The van der Waals surface area contributed by atoms with Crippen LogP contribution in [-0.4, -0.2) is 44.0 Å². The van der Waals surface area contributed by atoms with Crippen LogP contribution in [0.4, 0.5) is 0 Å². The van der Waals surface area contributed by atoms with E-state index in [1.54, 1.807) is 11.6 Å². The van der Waals surface area contributed by atoms with Crippen molar-refractivity contribution >= 4 is 11.9 Å². The minimum atomic E-state index is -0.937. The summed E-state index contributed by atoms with van der Waals surface area (Å²) in [5.41, 5.74) is 0.424. The predicted molar refractivity (Wildman–Crippen MR) is 54.9 cm³/mol. The Morgan fingerprint density at radius 2 is 2.31 bits per heavy atom. The van der Waals surface area contributed by atoms with Crippen molar-refractivity contribution in [3.05, 3.63) is 18.2 Å². The Morgan fingerprint density at radius 3 is 2.88 bits per heavy atom. The molecule has 0 bridgehead atoms. The van der Waals surface area contributed by atoms with E-state index in [4.69, 9.17) is 5.11 Å². The quantitative estimate of drug-likeness (QED) is 0.772. The summed E-state index contributed by atoms with van der Waals surface area (Å²) in [5, 5.41) is 8.98. The minimum Gasteiger partial charge on any atom is -0.480 e. The first-order chi connectivity index (χ1) is 7.61. The van der Waals surface area contributed by atoms with E-state index in [1.807, 2.05) is 0 Å². The highest BCUT2D eigenvalue weighted by Crippen LogP contribution is 2.19. The monoisotopic (exact) mass is 223 g/mol. The lowest BCUT2D eigenvalue weighted by Crippen LogP contribution is -2.41. The van der Waals surface area contributed by atoms with E-state index in [9.17, 15) is 9.59 Å². The van der Waals surface area contributed by atoms with Crippen molar-refractivity contribution in [1.29, 1.82) is 0 Å². The van der Waals surface area contributed by atoms with Crippen molar-refractivity contribution in [2.75, 3.05) is 6.54 Å². The Balaban J connectivity index is 2.22. The molecule has 6 nitrogen and oxygen atoms in total. The first kappa shape index (κ1) is 10.7. The summed E-state index contributed by atoms with van der Waals surface area (Å²) in [4.78, 5) is 28.3. The van der Waals surface area contributed by atoms with Gasteiger partial charge in [0.05, 0.1) is 12.5 Å². The lowest BCUT2D eigenvalue weighted by atomic mass is 10.2. The Hall–Kier alpha value is -1.85. The number of nitrogens with zero attached hydrogens (tertiary/aromatic N) is 3. The summed E-state index contributed by atoms with van der Waals surface area (Å²) in [7, 11) is 1.71. The van der Waals surface area contributed by atoms with Crippen molar-refractivity contribution in [2.45, 2.75) is 18.9 Å². The third-order valence-corrected chi connectivity index (χ3v) is 2.83. The SMILES string of the molecule is Cn1cncc1C(=O)N1CCC[C@H]1C(=O)O. The molecule has 2 rings (SSSR count).